The maximum absolute atomic E-state index is 13.1. The van der Waals surface area contributed by atoms with Crippen LogP contribution in [0, 0.1) is 17.7 Å². The summed E-state index contributed by atoms with van der Waals surface area (Å²) in [5.74, 6) is 0.653. The standard InChI is InChI=1S/C19H29FN2O2/c1-19(2,3)24-18(23)22-13-16(15-8-10-21-11-9-15)12-14-4-6-17(20)7-5-14/h4-7,15-16,21H,8-13H2,1-3H3,(H,22,23)/t16-/m1/s1. The highest BCUT2D eigenvalue weighted by atomic mass is 19.1. The Kier molecular flexibility index (Phi) is 6.60. The van der Waals surface area contributed by atoms with Gasteiger partial charge in [-0.15, -0.1) is 0 Å². The van der Waals surface area contributed by atoms with Crippen LogP contribution in [-0.2, 0) is 11.2 Å². The van der Waals surface area contributed by atoms with Crippen LogP contribution in [0.2, 0.25) is 0 Å². The van der Waals surface area contributed by atoms with Gasteiger partial charge in [0.1, 0.15) is 11.4 Å². The number of benzene rings is 1. The zero-order valence-electron chi connectivity index (χ0n) is 14.9. The summed E-state index contributed by atoms with van der Waals surface area (Å²) in [7, 11) is 0. The van der Waals surface area contributed by atoms with Crippen LogP contribution >= 0.6 is 0 Å². The van der Waals surface area contributed by atoms with E-state index < -0.39 is 5.60 Å². The Morgan fingerprint density at radius 3 is 2.50 bits per heavy atom. The first kappa shape index (κ1) is 18.7. The van der Waals surface area contributed by atoms with Gasteiger partial charge in [0.25, 0.3) is 0 Å². The number of ether oxygens (including phenoxy) is 1. The summed E-state index contributed by atoms with van der Waals surface area (Å²) < 4.78 is 18.4. The third-order valence-corrected chi connectivity index (χ3v) is 4.37. The van der Waals surface area contributed by atoms with Crippen molar-refractivity contribution in [3.8, 4) is 0 Å². The van der Waals surface area contributed by atoms with Crippen molar-refractivity contribution < 1.29 is 13.9 Å². The molecule has 1 aliphatic heterocycles. The molecular formula is C19H29FN2O2. The molecule has 0 bridgehead atoms. The molecule has 134 valence electrons. The van der Waals surface area contributed by atoms with Crippen LogP contribution in [0.3, 0.4) is 0 Å². The highest BCUT2D eigenvalue weighted by Crippen LogP contribution is 2.25. The number of piperidine rings is 1. The van der Waals surface area contributed by atoms with Crippen molar-refractivity contribution in [1.82, 2.24) is 10.6 Å². The summed E-state index contributed by atoms with van der Waals surface area (Å²) in [5, 5.41) is 6.29. The highest BCUT2D eigenvalue weighted by molar-refractivity contribution is 5.67. The van der Waals surface area contributed by atoms with E-state index in [1.165, 1.54) is 12.1 Å². The van der Waals surface area contributed by atoms with E-state index >= 15 is 0 Å². The fourth-order valence-electron chi connectivity index (χ4n) is 3.17. The van der Waals surface area contributed by atoms with Crippen LogP contribution in [0.25, 0.3) is 0 Å². The van der Waals surface area contributed by atoms with Gasteiger partial charge in [0.2, 0.25) is 0 Å². The minimum absolute atomic E-state index is 0.218. The lowest BCUT2D eigenvalue weighted by Gasteiger charge is -2.31. The molecule has 1 amide bonds. The van der Waals surface area contributed by atoms with E-state index in [1.54, 1.807) is 0 Å². The van der Waals surface area contributed by atoms with E-state index in [0.29, 0.717) is 18.4 Å². The zero-order valence-corrected chi connectivity index (χ0v) is 14.9. The van der Waals surface area contributed by atoms with Gasteiger partial charge in [0, 0.05) is 6.54 Å². The molecule has 1 aromatic carbocycles. The number of alkyl carbamates (subject to hydrolysis) is 1. The number of carbonyl (C=O) groups excluding carboxylic acids is 1. The third-order valence-electron chi connectivity index (χ3n) is 4.37. The fraction of sp³-hybridized carbons (Fsp3) is 0.632. The minimum atomic E-state index is -0.495. The van der Waals surface area contributed by atoms with Gasteiger partial charge in [-0.05, 0) is 82.7 Å². The predicted octanol–water partition coefficient (Wildman–Crippen LogP) is 3.51. The van der Waals surface area contributed by atoms with Gasteiger partial charge in [-0.3, -0.25) is 0 Å². The van der Waals surface area contributed by atoms with E-state index in [0.717, 1.165) is 37.9 Å². The smallest absolute Gasteiger partial charge is 0.407 e. The van der Waals surface area contributed by atoms with E-state index in [2.05, 4.69) is 10.6 Å². The maximum atomic E-state index is 13.1. The molecule has 0 unspecified atom stereocenters. The molecule has 2 rings (SSSR count). The Morgan fingerprint density at radius 2 is 1.92 bits per heavy atom. The molecule has 1 aromatic rings. The summed E-state index contributed by atoms with van der Waals surface area (Å²) in [5.41, 5.74) is 0.608. The van der Waals surface area contributed by atoms with Crippen LogP contribution in [0.1, 0.15) is 39.2 Å². The molecule has 0 aliphatic carbocycles. The number of halogens is 1. The number of hydrogen-bond acceptors (Lipinski definition) is 3. The molecule has 0 radical (unpaired) electrons. The third kappa shape index (κ3) is 6.48. The molecule has 1 saturated heterocycles. The van der Waals surface area contributed by atoms with Crippen molar-refractivity contribution in [2.75, 3.05) is 19.6 Å². The molecule has 2 N–H and O–H groups in total. The number of carbonyl (C=O) groups is 1. The van der Waals surface area contributed by atoms with Crippen molar-refractivity contribution >= 4 is 6.09 Å². The zero-order chi connectivity index (χ0) is 17.6. The van der Waals surface area contributed by atoms with E-state index in [1.807, 2.05) is 32.9 Å². The molecule has 0 spiro atoms. The Morgan fingerprint density at radius 1 is 1.29 bits per heavy atom. The van der Waals surface area contributed by atoms with Crippen molar-refractivity contribution in [3.63, 3.8) is 0 Å². The summed E-state index contributed by atoms with van der Waals surface area (Å²) >= 11 is 0. The van der Waals surface area contributed by atoms with Gasteiger partial charge in [-0.2, -0.15) is 0 Å². The first-order valence-corrected chi connectivity index (χ1v) is 8.75. The van der Waals surface area contributed by atoms with Crippen LogP contribution in [0.5, 0.6) is 0 Å². The molecule has 0 saturated carbocycles. The topological polar surface area (TPSA) is 50.4 Å². The largest absolute Gasteiger partial charge is 0.444 e. The van der Waals surface area contributed by atoms with Gasteiger partial charge >= 0.3 is 6.09 Å². The van der Waals surface area contributed by atoms with Gasteiger partial charge < -0.3 is 15.4 Å². The summed E-state index contributed by atoms with van der Waals surface area (Å²) in [6.07, 6.45) is 2.66. The van der Waals surface area contributed by atoms with Crippen molar-refractivity contribution in [1.29, 1.82) is 0 Å². The van der Waals surface area contributed by atoms with E-state index in [-0.39, 0.29) is 11.9 Å². The SMILES string of the molecule is CC(C)(C)OC(=O)NC[C@@H](Cc1ccc(F)cc1)C1CCNCC1. The van der Waals surface area contributed by atoms with E-state index in [9.17, 15) is 9.18 Å². The molecule has 24 heavy (non-hydrogen) atoms. The predicted molar refractivity (Wildman–Crippen MR) is 93.4 cm³/mol. The average molecular weight is 336 g/mol. The number of nitrogens with one attached hydrogen (secondary N) is 2. The summed E-state index contributed by atoms with van der Waals surface area (Å²) in [6, 6.07) is 6.65. The minimum Gasteiger partial charge on any atom is -0.444 e. The Labute approximate surface area is 144 Å². The Hall–Kier alpha value is -1.62. The Bertz CT molecular complexity index is 519. The first-order chi connectivity index (χ1) is 11.3. The van der Waals surface area contributed by atoms with Gasteiger partial charge in [0.15, 0.2) is 0 Å². The lowest BCUT2D eigenvalue weighted by atomic mass is 9.81. The van der Waals surface area contributed by atoms with Gasteiger partial charge in [0.05, 0.1) is 0 Å². The summed E-state index contributed by atoms with van der Waals surface area (Å²) in [4.78, 5) is 11.9. The molecule has 1 heterocycles. The lowest BCUT2D eigenvalue weighted by Crippen LogP contribution is -2.40. The van der Waals surface area contributed by atoms with Crippen molar-refractivity contribution in [2.45, 2.75) is 45.6 Å². The van der Waals surface area contributed by atoms with Crippen molar-refractivity contribution in [2.24, 2.45) is 11.8 Å². The van der Waals surface area contributed by atoms with Crippen molar-refractivity contribution in [3.05, 3.63) is 35.6 Å². The number of rotatable bonds is 5. The number of hydrogen-bond donors (Lipinski definition) is 2. The van der Waals surface area contributed by atoms with E-state index in [4.69, 9.17) is 4.74 Å². The summed E-state index contributed by atoms with van der Waals surface area (Å²) in [6.45, 7) is 8.17. The second-order valence-corrected chi connectivity index (χ2v) is 7.56. The molecule has 5 heteroatoms. The van der Waals surface area contributed by atoms with Crippen LogP contribution in [0.4, 0.5) is 9.18 Å². The first-order valence-electron chi connectivity index (χ1n) is 8.75. The second kappa shape index (κ2) is 8.47. The molecule has 1 fully saturated rings. The maximum Gasteiger partial charge on any atom is 0.407 e. The number of amides is 1. The van der Waals surface area contributed by atoms with Gasteiger partial charge in [-0.1, -0.05) is 12.1 Å². The molecule has 1 aliphatic rings. The lowest BCUT2D eigenvalue weighted by molar-refractivity contribution is 0.0510. The molecule has 4 nitrogen and oxygen atoms in total. The Balaban J connectivity index is 1.97. The molecule has 0 aromatic heterocycles. The fourth-order valence-corrected chi connectivity index (χ4v) is 3.17. The normalized spacial score (nSPS) is 17.3. The highest BCUT2D eigenvalue weighted by Gasteiger charge is 2.25. The molecule has 1 atom stereocenters. The van der Waals surface area contributed by atoms with Gasteiger partial charge in [-0.25, -0.2) is 9.18 Å². The van der Waals surface area contributed by atoms with Crippen LogP contribution < -0.4 is 10.6 Å². The average Bonchev–Trinajstić information content (AvgIpc) is 2.52. The van der Waals surface area contributed by atoms with Crippen LogP contribution in [0.15, 0.2) is 24.3 Å². The monoisotopic (exact) mass is 336 g/mol. The second-order valence-electron chi connectivity index (χ2n) is 7.56. The molecular weight excluding hydrogens is 307 g/mol. The quantitative estimate of drug-likeness (QED) is 0.865. The van der Waals surface area contributed by atoms with Crippen LogP contribution in [-0.4, -0.2) is 31.3 Å².